The molecule has 0 amide bonds. The number of nitrogens with two attached hydrogens (primary N) is 1. The maximum Gasteiger partial charge on any atom is 0.193 e. The zero-order valence-corrected chi connectivity index (χ0v) is 13.2. The van der Waals surface area contributed by atoms with Gasteiger partial charge in [-0.3, -0.25) is 4.99 Å². The molecule has 0 aromatic heterocycles. The van der Waals surface area contributed by atoms with Gasteiger partial charge in [0.1, 0.15) is 5.75 Å². The number of aliphatic imine (C=N–C) groups is 1. The molecule has 0 fully saturated rings. The van der Waals surface area contributed by atoms with Gasteiger partial charge in [-0.25, -0.2) is 0 Å². The normalized spacial score (nSPS) is 11.3. The van der Waals surface area contributed by atoms with E-state index in [4.69, 9.17) is 10.5 Å². The van der Waals surface area contributed by atoms with Crippen LogP contribution in [0.5, 0.6) is 5.75 Å². The van der Waals surface area contributed by atoms with Crippen LogP contribution in [0, 0.1) is 6.92 Å². The molecule has 0 bridgehead atoms. The molecular formula is C18H23N3O. The van der Waals surface area contributed by atoms with E-state index in [2.05, 4.69) is 16.4 Å². The molecule has 0 unspecified atom stereocenters. The van der Waals surface area contributed by atoms with E-state index >= 15 is 0 Å². The monoisotopic (exact) mass is 297 g/mol. The quantitative estimate of drug-likeness (QED) is 0.635. The molecule has 116 valence electrons. The number of hydrogen-bond acceptors (Lipinski definition) is 2. The predicted octanol–water partition coefficient (Wildman–Crippen LogP) is 3.36. The predicted molar refractivity (Wildman–Crippen MR) is 92.6 cm³/mol. The summed E-state index contributed by atoms with van der Waals surface area (Å²) in [4.78, 5) is 4.37. The number of nitrogens with zero attached hydrogens (tertiary/aromatic N) is 1. The summed E-state index contributed by atoms with van der Waals surface area (Å²) in [7, 11) is 0. The minimum Gasteiger partial charge on any atom is -0.494 e. The Labute approximate surface area is 132 Å². The van der Waals surface area contributed by atoms with E-state index in [-0.39, 0.29) is 0 Å². The van der Waals surface area contributed by atoms with E-state index in [9.17, 15) is 0 Å². The maximum atomic E-state index is 5.92. The van der Waals surface area contributed by atoms with Crippen molar-refractivity contribution in [1.29, 1.82) is 0 Å². The Kier molecular flexibility index (Phi) is 5.83. The number of ether oxygens (including phenoxy) is 1. The highest BCUT2D eigenvalue weighted by atomic mass is 16.5. The van der Waals surface area contributed by atoms with Crippen LogP contribution in [0.25, 0.3) is 0 Å². The van der Waals surface area contributed by atoms with Gasteiger partial charge in [-0.1, -0.05) is 30.3 Å². The first-order valence-corrected chi connectivity index (χ1v) is 7.53. The molecule has 0 saturated heterocycles. The zero-order valence-electron chi connectivity index (χ0n) is 13.2. The van der Waals surface area contributed by atoms with Crippen LogP contribution in [0.3, 0.4) is 0 Å². The van der Waals surface area contributed by atoms with Crippen LogP contribution in [0.2, 0.25) is 0 Å². The third kappa shape index (κ3) is 4.81. The average Bonchev–Trinajstić information content (AvgIpc) is 2.49. The molecule has 0 aliphatic rings. The lowest BCUT2D eigenvalue weighted by Gasteiger charge is -2.09. The molecular weight excluding hydrogens is 274 g/mol. The summed E-state index contributed by atoms with van der Waals surface area (Å²) in [5.74, 6) is 1.35. The fourth-order valence-corrected chi connectivity index (χ4v) is 2.21. The van der Waals surface area contributed by atoms with Gasteiger partial charge in [-0.05, 0) is 49.6 Å². The van der Waals surface area contributed by atoms with Crippen molar-refractivity contribution in [3.8, 4) is 5.75 Å². The fourth-order valence-electron chi connectivity index (χ4n) is 2.21. The van der Waals surface area contributed by atoms with Crippen molar-refractivity contribution < 1.29 is 4.74 Å². The molecule has 4 nitrogen and oxygen atoms in total. The first-order valence-electron chi connectivity index (χ1n) is 7.53. The summed E-state index contributed by atoms with van der Waals surface area (Å²) in [6, 6.07) is 16.1. The Bertz CT molecular complexity index is 638. The Morgan fingerprint density at radius 2 is 2.00 bits per heavy atom. The summed E-state index contributed by atoms with van der Waals surface area (Å²) in [6.45, 7) is 5.31. The van der Waals surface area contributed by atoms with Crippen molar-refractivity contribution in [1.82, 2.24) is 0 Å². The molecule has 4 heteroatoms. The Morgan fingerprint density at radius 3 is 2.77 bits per heavy atom. The molecule has 0 atom stereocenters. The van der Waals surface area contributed by atoms with E-state index in [1.54, 1.807) is 0 Å². The summed E-state index contributed by atoms with van der Waals surface area (Å²) < 4.78 is 5.61. The second-order valence-electron chi connectivity index (χ2n) is 5.05. The molecule has 3 N–H and O–H groups in total. The van der Waals surface area contributed by atoms with Gasteiger partial charge in [0.15, 0.2) is 5.96 Å². The van der Waals surface area contributed by atoms with Gasteiger partial charge >= 0.3 is 0 Å². The number of guanidine groups is 1. The van der Waals surface area contributed by atoms with E-state index in [0.29, 0.717) is 19.1 Å². The standard InChI is InChI=1S/C18H23N3O/c1-3-22-17-10-5-4-8-15(17)11-12-20-18(19)21-16-9-6-7-14(2)13-16/h4-10,13H,3,11-12H2,1-2H3,(H3,19,20,21). The number of para-hydroxylation sites is 1. The molecule has 22 heavy (non-hydrogen) atoms. The Morgan fingerprint density at radius 1 is 1.18 bits per heavy atom. The van der Waals surface area contributed by atoms with Crippen molar-refractivity contribution in [2.45, 2.75) is 20.3 Å². The number of hydrogen-bond donors (Lipinski definition) is 2. The molecule has 2 aromatic rings. The third-order valence-electron chi connectivity index (χ3n) is 3.23. The lowest BCUT2D eigenvalue weighted by atomic mass is 10.1. The SMILES string of the molecule is CCOc1ccccc1CCN=C(N)Nc1cccc(C)c1. The summed E-state index contributed by atoms with van der Waals surface area (Å²) in [5, 5.41) is 3.11. The van der Waals surface area contributed by atoms with Crippen molar-refractivity contribution >= 4 is 11.6 Å². The summed E-state index contributed by atoms with van der Waals surface area (Å²) >= 11 is 0. The van der Waals surface area contributed by atoms with E-state index in [0.717, 1.165) is 23.4 Å². The number of nitrogens with one attached hydrogen (secondary N) is 1. The zero-order chi connectivity index (χ0) is 15.8. The van der Waals surface area contributed by atoms with Crippen LogP contribution >= 0.6 is 0 Å². The molecule has 2 rings (SSSR count). The smallest absolute Gasteiger partial charge is 0.193 e. The largest absolute Gasteiger partial charge is 0.494 e. The molecule has 0 aliphatic heterocycles. The van der Waals surface area contributed by atoms with Crippen LogP contribution in [-0.4, -0.2) is 19.1 Å². The van der Waals surface area contributed by atoms with Gasteiger partial charge in [-0.2, -0.15) is 0 Å². The van der Waals surface area contributed by atoms with Crippen molar-refractivity contribution in [3.05, 3.63) is 59.7 Å². The van der Waals surface area contributed by atoms with E-state index in [1.165, 1.54) is 5.56 Å². The topological polar surface area (TPSA) is 59.6 Å². The number of anilines is 1. The molecule has 0 heterocycles. The van der Waals surface area contributed by atoms with E-state index < -0.39 is 0 Å². The van der Waals surface area contributed by atoms with Gasteiger partial charge in [0.2, 0.25) is 0 Å². The first kappa shape index (κ1) is 15.9. The number of benzene rings is 2. The van der Waals surface area contributed by atoms with Crippen LogP contribution in [0.4, 0.5) is 5.69 Å². The minimum atomic E-state index is 0.430. The molecule has 0 radical (unpaired) electrons. The third-order valence-corrected chi connectivity index (χ3v) is 3.23. The van der Waals surface area contributed by atoms with Crippen LogP contribution in [0.1, 0.15) is 18.1 Å². The molecule has 2 aromatic carbocycles. The second-order valence-corrected chi connectivity index (χ2v) is 5.05. The van der Waals surface area contributed by atoms with Crippen LogP contribution < -0.4 is 15.8 Å². The fraction of sp³-hybridized carbons (Fsp3) is 0.278. The van der Waals surface area contributed by atoms with Crippen molar-refractivity contribution in [2.75, 3.05) is 18.5 Å². The first-order chi connectivity index (χ1) is 10.7. The van der Waals surface area contributed by atoms with Gasteiger partial charge in [0.25, 0.3) is 0 Å². The highest BCUT2D eigenvalue weighted by molar-refractivity contribution is 5.92. The highest BCUT2D eigenvalue weighted by Crippen LogP contribution is 2.18. The van der Waals surface area contributed by atoms with Crippen LogP contribution in [0.15, 0.2) is 53.5 Å². The molecule has 0 saturated carbocycles. The minimum absolute atomic E-state index is 0.430. The molecule has 0 spiro atoms. The second kappa shape index (κ2) is 8.08. The Hall–Kier alpha value is -2.49. The van der Waals surface area contributed by atoms with E-state index in [1.807, 2.05) is 56.3 Å². The lowest BCUT2D eigenvalue weighted by Crippen LogP contribution is -2.23. The van der Waals surface area contributed by atoms with Gasteiger partial charge < -0.3 is 15.8 Å². The lowest BCUT2D eigenvalue weighted by molar-refractivity contribution is 0.336. The van der Waals surface area contributed by atoms with Gasteiger partial charge in [-0.15, -0.1) is 0 Å². The van der Waals surface area contributed by atoms with Gasteiger partial charge in [0.05, 0.1) is 6.61 Å². The van der Waals surface area contributed by atoms with Crippen molar-refractivity contribution in [2.24, 2.45) is 10.7 Å². The summed E-state index contributed by atoms with van der Waals surface area (Å²) in [5.41, 5.74) is 9.21. The Balaban J connectivity index is 1.92. The highest BCUT2D eigenvalue weighted by Gasteiger charge is 2.02. The van der Waals surface area contributed by atoms with Gasteiger partial charge in [0, 0.05) is 12.2 Å². The summed E-state index contributed by atoms with van der Waals surface area (Å²) in [6.07, 6.45) is 0.798. The number of rotatable bonds is 6. The number of aryl methyl sites for hydroxylation is 1. The molecule has 0 aliphatic carbocycles. The van der Waals surface area contributed by atoms with Crippen LogP contribution in [-0.2, 0) is 6.42 Å². The maximum absolute atomic E-state index is 5.92. The average molecular weight is 297 g/mol. The van der Waals surface area contributed by atoms with Crippen molar-refractivity contribution in [3.63, 3.8) is 0 Å².